The Morgan fingerprint density at radius 1 is 1.19 bits per heavy atom. The number of halogens is 1. The van der Waals surface area contributed by atoms with Gasteiger partial charge >= 0.3 is 0 Å². The Hall–Kier alpha value is -1.70. The summed E-state index contributed by atoms with van der Waals surface area (Å²) in [6.45, 7) is 3.99. The molecule has 1 aliphatic heterocycles. The maximum atomic E-state index is 12.9. The molecule has 26 heavy (non-hydrogen) atoms. The molecule has 1 heterocycles. The predicted molar refractivity (Wildman–Crippen MR) is 106 cm³/mol. The molecule has 2 aromatic rings. The minimum atomic E-state index is -3.72. The van der Waals surface area contributed by atoms with Crippen LogP contribution in [0.4, 0.5) is 5.69 Å². The maximum Gasteiger partial charge on any atom is 0.243 e. The number of amides is 1. The molecule has 1 aliphatic rings. The van der Waals surface area contributed by atoms with Crippen molar-refractivity contribution in [1.82, 2.24) is 4.31 Å². The molecule has 2 aromatic carbocycles. The molecule has 138 valence electrons. The Balaban J connectivity index is 1.81. The van der Waals surface area contributed by atoms with Gasteiger partial charge in [-0.1, -0.05) is 28.1 Å². The zero-order valence-electron chi connectivity index (χ0n) is 15.0. The third kappa shape index (κ3) is 3.56. The summed E-state index contributed by atoms with van der Waals surface area (Å²) in [6, 6.07) is 11.1. The Morgan fingerprint density at radius 3 is 2.65 bits per heavy atom. The van der Waals surface area contributed by atoms with Crippen molar-refractivity contribution in [3.05, 3.63) is 57.6 Å². The summed E-state index contributed by atoms with van der Waals surface area (Å²) in [7, 11) is -2.27. The van der Waals surface area contributed by atoms with E-state index in [1.165, 1.54) is 7.05 Å². The van der Waals surface area contributed by atoms with Crippen molar-refractivity contribution >= 4 is 37.5 Å². The highest BCUT2D eigenvalue weighted by molar-refractivity contribution is 9.10. The van der Waals surface area contributed by atoms with Crippen molar-refractivity contribution < 1.29 is 13.2 Å². The Labute approximate surface area is 162 Å². The molecule has 0 aliphatic carbocycles. The van der Waals surface area contributed by atoms with Crippen LogP contribution in [-0.2, 0) is 21.2 Å². The standard InChI is InChI=1S/C19H21BrN2O3S/c1-13-4-5-14(2)18(10-13)26(24,25)21(3)12-19(23)22-9-8-15-11-16(20)6-7-17(15)22/h4-7,10-11H,8-9,12H2,1-3H3. The molecule has 0 spiro atoms. The second-order valence-electron chi connectivity index (χ2n) is 6.60. The van der Waals surface area contributed by atoms with E-state index >= 15 is 0 Å². The van der Waals surface area contributed by atoms with E-state index in [2.05, 4.69) is 15.9 Å². The van der Waals surface area contributed by atoms with Crippen LogP contribution in [-0.4, -0.2) is 38.8 Å². The summed E-state index contributed by atoms with van der Waals surface area (Å²) in [4.78, 5) is 14.7. The molecule has 3 rings (SSSR count). The van der Waals surface area contributed by atoms with Crippen LogP contribution in [0.1, 0.15) is 16.7 Å². The summed E-state index contributed by atoms with van der Waals surface area (Å²) in [5, 5.41) is 0. The molecular weight excluding hydrogens is 416 g/mol. The van der Waals surface area contributed by atoms with Gasteiger partial charge in [0.1, 0.15) is 0 Å². The second kappa shape index (κ2) is 7.13. The number of benzene rings is 2. The Morgan fingerprint density at radius 2 is 1.92 bits per heavy atom. The largest absolute Gasteiger partial charge is 0.311 e. The lowest BCUT2D eigenvalue weighted by Crippen LogP contribution is -2.40. The lowest BCUT2D eigenvalue weighted by molar-refractivity contribution is -0.118. The van der Waals surface area contributed by atoms with Crippen molar-refractivity contribution in [2.75, 3.05) is 25.0 Å². The molecule has 0 saturated heterocycles. The maximum absolute atomic E-state index is 12.9. The SMILES string of the molecule is Cc1ccc(C)c(S(=O)(=O)N(C)CC(=O)N2CCc3cc(Br)ccc32)c1. The van der Waals surface area contributed by atoms with Crippen LogP contribution in [0.15, 0.2) is 45.8 Å². The topological polar surface area (TPSA) is 57.7 Å². The van der Waals surface area contributed by atoms with Gasteiger partial charge in [0.05, 0.1) is 11.4 Å². The van der Waals surface area contributed by atoms with E-state index in [4.69, 9.17) is 0 Å². The van der Waals surface area contributed by atoms with Crippen LogP contribution in [0.5, 0.6) is 0 Å². The monoisotopic (exact) mass is 436 g/mol. The van der Waals surface area contributed by atoms with Gasteiger partial charge in [-0.05, 0) is 61.2 Å². The lowest BCUT2D eigenvalue weighted by atomic mass is 10.2. The molecule has 0 saturated carbocycles. The van der Waals surface area contributed by atoms with Crippen LogP contribution in [0.2, 0.25) is 0 Å². The molecule has 1 amide bonds. The second-order valence-corrected chi connectivity index (χ2v) is 9.53. The fourth-order valence-corrected chi connectivity index (χ4v) is 4.98. The van der Waals surface area contributed by atoms with E-state index in [0.29, 0.717) is 12.1 Å². The number of sulfonamides is 1. The average molecular weight is 437 g/mol. The highest BCUT2D eigenvalue weighted by Crippen LogP contribution is 2.31. The molecule has 0 unspecified atom stereocenters. The number of hydrogen-bond donors (Lipinski definition) is 0. The molecular formula is C19H21BrN2O3S. The van der Waals surface area contributed by atoms with Gasteiger partial charge in [0.15, 0.2) is 0 Å². The van der Waals surface area contributed by atoms with Gasteiger partial charge in [-0.15, -0.1) is 0 Å². The van der Waals surface area contributed by atoms with Crippen molar-refractivity contribution in [2.45, 2.75) is 25.2 Å². The van der Waals surface area contributed by atoms with Crippen molar-refractivity contribution in [3.8, 4) is 0 Å². The summed E-state index contributed by atoms with van der Waals surface area (Å²) in [5.41, 5.74) is 3.49. The van der Waals surface area contributed by atoms with E-state index in [1.807, 2.05) is 31.2 Å². The van der Waals surface area contributed by atoms with Crippen molar-refractivity contribution in [1.29, 1.82) is 0 Å². The number of anilines is 1. The highest BCUT2D eigenvalue weighted by Gasteiger charge is 2.30. The number of aryl methyl sites for hydroxylation is 2. The molecule has 5 nitrogen and oxygen atoms in total. The van der Waals surface area contributed by atoms with Crippen LogP contribution in [0.3, 0.4) is 0 Å². The zero-order chi connectivity index (χ0) is 19.1. The van der Waals surface area contributed by atoms with E-state index in [0.717, 1.165) is 32.0 Å². The van der Waals surface area contributed by atoms with Crippen LogP contribution >= 0.6 is 15.9 Å². The van der Waals surface area contributed by atoms with E-state index in [1.54, 1.807) is 24.0 Å². The predicted octanol–water partition coefficient (Wildman–Crippen LogP) is 3.28. The van der Waals surface area contributed by atoms with Gasteiger partial charge in [-0.2, -0.15) is 4.31 Å². The third-order valence-electron chi connectivity index (χ3n) is 4.63. The number of carbonyl (C=O) groups excluding carboxylic acids is 1. The van der Waals surface area contributed by atoms with Gasteiger partial charge in [-0.3, -0.25) is 4.79 Å². The molecule has 7 heteroatoms. The third-order valence-corrected chi connectivity index (χ3v) is 7.07. The first-order chi connectivity index (χ1) is 12.2. The van der Waals surface area contributed by atoms with Crippen LogP contribution in [0, 0.1) is 13.8 Å². The zero-order valence-corrected chi connectivity index (χ0v) is 17.4. The minimum Gasteiger partial charge on any atom is -0.311 e. The molecule has 0 fully saturated rings. The summed E-state index contributed by atoms with van der Waals surface area (Å²) < 4.78 is 27.9. The minimum absolute atomic E-state index is 0.189. The van der Waals surface area contributed by atoms with Gasteiger partial charge in [0.2, 0.25) is 15.9 Å². The number of likely N-dealkylation sites (N-methyl/N-ethyl adjacent to an activating group) is 1. The van der Waals surface area contributed by atoms with E-state index in [-0.39, 0.29) is 17.3 Å². The fourth-order valence-electron chi connectivity index (χ4n) is 3.14. The van der Waals surface area contributed by atoms with E-state index < -0.39 is 10.0 Å². The quantitative estimate of drug-likeness (QED) is 0.738. The molecule has 0 radical (unpaired) electrons. The summed E-state index contributed by atoms with van der Waals surface area (Å²) in [6.07, 6.45) is 0.772. The first-order valence-corrected chi connectivity index (χ1v) is 10.6. The van der Waals surface area contributed by atoms with Crippen molar-refractivity contribution in [3.63, 3.8) is 0 Å². The molecule has 0 atom stereocenters. The number of hydrogen-bond acceptors (Lipinski definition) is 3. The van der Waals surface area contributed by atoms with Crippen LogP contribution < -0.4 is 4.90 Å². The number of carbonyl (C=O) groups is 1. The summed E-state index contributed by atoms with van der Waals surface area (Å²) >= 11 is 3.44. The van der Waals surface area contributed by atoms with Crippen molar-refractivity contribution in [2.24, 2.45) is 0 Å². The molecule has 0 bridgehead atoms. The molecule has 0 aromatic heterocycles. The summed E-state index contributed by atoms with van der Waals surface area (Å²) in [5.74, 6) is -0.220. The lowest BCUT2D eigenvalue weighted by Gasteiger charge is -2.23. The fraction of sp³-hybridized carbons (Fsp3) is 0.316. The van der Waals surface area contributed by atoms with Gasteiger partial charge in [-0.25, -0.2) is 8.42 Å². The van der Waals surface area contributed by atoms with Crippen LogP contribution in [0.25, 0.3) is 0 Å². The first-order valence-electron chi connectivity index (χ1n) is 8.32. The smallest absolute Gasteiger partial charge is 0.243 e. The average Bonchev–Trinajstić information content (AvgIpc) is 2.99. The number of rotatable bonds is 4. The highest BCUT2D eigenvalue weighted by atomic mass is 79.9. The number of fused-ring (bicyclic) bond motifs is 1. The van der Waals surface area contributed by atoms with E-state index in [9.17, 15) is 13.2 Å². The first kappa shape index (κ1) is 19.1. The normalized spacial score (nSPS) is 14.0. The Kier molecular flexibility index (Phi) is 5.23. The van der Waals surface area contributed by atoms with Gasteiger partial charge < -0.3 is 4.90 Å². The van der Waals surface area contributed by atoms with Gasteiger partial charge in [0.25, 0.3) is 0 Å². The Bertz CT molecular complexity index is 973. The number of nitrogens with zero attached hydrogens (tertiary/aromatic N) is 2. The molecule has 0 N–H and O–H groups in total. The van der Waals surface area contributed by atoms with Gasteiger partial charge in [0, 0.05) is 23.8 Å².